The standard InChI is InChI=1S/C16H19NOS/c1-3-18-15-8-14(17)9-16(10-15)19-11-13-7-5-4-6-12(13)2/h4-10H,3,11,17H2,1-2H3. The molecular formula is C16H19NOS. The molecule has 0 bridgehead atoms. The SMILES string of the molecule is CCOc1cc(N)cc(SCc2ccccc2C)c1. The van der Waals surface area contributed by atoms with Crippen molar-refractivity contribution in [3.63, 3.8) is 0 Å². The third-order valence-corrected chi connectivity index (χ3v) is 3.89. The van der Waals surface area contributed by atoms with Gasteiger partial charge in [-0.2, -0.15) is 0 Å². The second kappa shape index (κ2) is 6.53. The van der Waals surface area contributed by atoms with E-state index in [-0.39, 0.29) is 0 Å². The fraction of sp³-hybridized carbons (Fsp3) is 0.250. The molecule has 2 nitrogen and oxygen atoms in total. The Morgan fingerprint density at radius 2 is 1.95 bits per heavy atom. The van der Waals surface area contributed by atoms with E-state index < -0.39 is 0 Å². The van der Waals surface area contributed by atoms with E-state index in [1.165, 1.54) is 11.1 Å². The number of thioether (sulfide) groups is 1. The first-order valence-electron chi connectivity index (χ1n) is 6.39. The van der Waals surface area contributed by atoms with Crippen molar-refractivity contribution in [1.82, 2.24) is 0 Å². The van der Waals surface area contributed by atoms with Gasteiger partial charge >= 0.3 is 0 Å². The third kappa shape index (κ3) is 3.93. The Hall–Kier alpha value is -1.61. The van der Waals surface area contributed by atoms with E-state index in [0.717, 1.165) is 22.1 Å². The summed E-state index contributed by atoms with van der Waals surface area (Å²) < 4.78 is 5.51. The van der Waals surface area contributed by atoms with Gasteiger partial charge in [0, 0.05) is 22.4 Å². The van der Waals surface area contributed by atoms with Gasteiger partial charge in [-0.25, -0.2) is 0 Å². The lowest BCUT2D eigenvalue weighted by atomic mass is 10.1. The summed E-state index contributed by atoms with van der Waals surface area (Å²) in [5, 5.41) is 0. The van der Waals surface area contributed by atoms with Gasteiger partial charge in [-0.1, -0.05) is 24.3 Å². The number of aryl methyl sites for hydroxylation is 1. The van der Waals surface area contributed by atoms with E-state index in [9.17, 15) is 0 Å². The largest absolute Gasteiger partial charge is 0.494 e. The Morgan fingerprint density at radius 1 is 1.16 bits per heavy atom. The molecule has 0 radical (unpaired) electrons. The number of ether oxygens (including phenoxy) is 1. The van der Waals surface area contributed by atoms with Crippen LogP contribution in [0.25, 0.3) is 0 Å². The molecule has 2 aromatic carbocycles. The van der Waals surface area contributed by atoms with Crippen molar-refractivity contribution in [2.45, 2.75) is 24.5 Å². The lowest BCUT2D eigenvalue weighted by molar-refractivity contribution is 0.339. The zero-order valence-corrected chi connectivity index (χ0v) is 12.2. The van der Waals surface area contributed by atoms with Crippen molar-refractivity contribution in [3.8, 4) is 5.75 Å². The fourth-order valence-electron chi connectivity index (χ4n) is 1.86. The second-order valence-corrected chi connectivity index (χ2v) is 5.43. The zero-order valence-electron chi connectivity index (χ0n) is 11.3. The topological polar surface area (TPSA) is 35.2 Å². The predicted molar refractivity (Wildman–Crippen MR) is 82.8 cm³/mol. The Labute approximate surface area is 119 Å². The molecule has 2 rings (SSSR count). The normalized spacial score (nSPS) is 10.4. The summed E-state index contributed by atoms with van der Waals surface area (Å²) in [5.41, 5.74) is 9.32. The number of hydrogen-bond donors (Lipinski definition) is 1. The number of rotatable bonds is 5. The Morgan fingerprint density at radius 3 is 2.68 bits per heavy atom. The Kier molecular flexibility index (Phi) is 4.74. The molecule has 0 saturated heterocycles. The summed E-state index contributed by atoms with van der Waals surface area (Å²) in [4.78, 5) is 1.15. The van der Waals surface area contributed by atoms with Gasteiger partial charge in [-0.3, -0.25) is 0 Å². The maximum Gasteiger partial charge on any atom is 0.122 e. The first-order valence-corrected chi connectivity index (χ1v) is 7.38. The molecule has 3 heteroatoms. The van der Waals surface area contributed by atoms with Gasteiger partial charge in [0.25, 0.3) is 0 Å². The van der Waals surface area contributed by atoms with E-state index >= 15 is 0 Å². The molecule has 0 amide bonds. The van der Waals surface area contributed by atoms with Crippen molar-refractivity contribution >= 4 is 17.4 Å². The van der Waals surface area contributed by atoms with Gasteiger partial charge in [0.2, 0.25) is 0 Å². The first kappa shape index (κ1) is 13.8. The highest BCUT2D eigenvalue weighted by Gasteiger charge is 2.03. The Balaban J connectivity index is 2.09. The first-order chi connectivity index (χ1) is 9.19. The van der Waals surface area contributed by atoms with E-state index in [2.05, 4.69) is 31.2 Å². The molecule has 0 unspecified atom stereocenters. The lowest BCUT2D eigenvalue weighted by Gasteiger charge is -2.09. The molecule has 0 aliphatic carbocycles. The monoisotopic (exact) mass is 273 g/mol. The van der Waals surface area contributed by atoms with Crippen LogP contribution in [0.3, 0.4) is 0 Å². The molecule has 0 atom stereocenters. The fourth-order valence-corrected chi connectivity index (χ4v) is 2.93. The molecule has 2 N–H and O–H groups in total. The van der Waals surface area contributed by atoms with E-state index in [0.29, 0.717) is 6.61 Å². The molecule has 0 spiro atoms. The van der Waals surface area contributed by atoms with Gasteiger partial charge < -0.3 is 10.5 Å². The highest BCUT2D eigenvalue weighted by Crippen LogP contribution is 2.29. The second-order valence-electron chi connectivity index (χ2n) is 4.39. The van der Waals surface area contributed by atoms with E-state index in [1.807, 2.05) is 25.1 Å². The maximum atomic E-state index is 5.90. The predicted octanol–water partition coefficient (Wildman–Crippen LogP) is 4.27. The van der Waals surface area contributed by atoms with Crippen molar-refractivity contribution in [1.29, 1.82) is 0 Å². The summed E-state index contributed by atoms with van der Waals surface area (Å²) in [6.45, 7) is 4.77. The number of benzene rings is 2. The van der Waals surface area contributed by atoms with Crippen LogP contribution in [0, 0.1) is 6.92 Å². The summed E-state index contributed by atoms with van der Waals surface area (Å²) in [6, 6.07) is 14.3. The van der Waals surface area contributed by atoms with Crippen molar-refractivity contribution < 1.29 is 4.74 Å². The van der Waals surface area contributed by atoms with Crippen LogP contribution in [-0.4, -0.2) is 6.61 Å². The highest BCUT2D eigenvalue weighted by molar-refractivity contribution is 7.98. The van der Waals surface area contributed by atoms with Crippen molar-refractivity contribution in [3.05, 3.63) is 53.6 Å². The van der Waals surface area contributed by atoms with Crippen LogP contribution in [0.5, 0.6) is 5.75 Å². The van der Waals surface area contributed by atoms with Gasteiger partial charge in [0.15, 0.2) is 0 Å². The highest BCUT2D eigenvalue weighted by atomic mass is 32.2. The quantitative estimate of drug-likeness (QED) is 0.652. The molecule has 0 heterocycles. The summed E-state index contributed by atoms with van der Waals surface area (Å²) in [6.07, 6.45) is 0. The molecular weight excluding hydrogens is 254 g/mol. The molecule has 0 aromatic heterocycles. The van der Waals surface area contributed by atoms with E-state index in [1.54, 1.807) is 11.8 Å². The summed E-state index contributed by atoms with van der Waals surface area (Å²) in [5.74, 6) is 1.79. The van der Waals surface area contributed by atoms with E-state index in [4.69, 9.17) is 10.5 Å². The molecule has 0 saturated carbocycles. The summed E-state index contributed by atoms with van der Waals surface area (Å²) >= 11 is 1.78. The molecule has 0 aliphatic rings. The average molecular weight is 273 g/mol. The summed E-state index contributed by atoms with van der Waals surface area (Å²) in [7, 11) is 0. The van der Waals surface area contributed by atoms with Gasteiger partial charge in [-0.05, 0) is 37.1 Å². The average Bonchev–Trinajstić information content (AvgIpc) is 2.37. The van der Waals surface area contributed by atoms with Crippen molar-refractivity contribution in [2.75, 3.05) is 12.3 Å². The zero-order chi connectivity index (χ0) is 13.7. The molecule has 19 heavy (non-hydrogen) atoms. The molecule has 2 aromatic rings. The van der Waals surface area contributed by atoms with Gasteiger partial charge in [-0.15, -0.1) is 11.8 Å². The number of nitrogen functional groups attached to an aromatic ring is 1. The van der Waals surface area contributed by atoms with Crippen LogP contribution >= 0.6 is 11.8 Å². The van der Waals surface area contributed by atoms with Crippen LogP contribution in [0.2, 0.25) is 0 Å². The van der Waals surface area contributed by atoms with Crippen molar-refractivity contribution in [2.24, 2.45) is 0 Å². The van der Waals surface area contributed by atoms with Crippen LogP contribution in [-0.2, 0) is 5.75 Å². The number of anilines is 1. The minimum absolute atomic E-state index is 0.658. The van der Waals surface area contributed by atoms with Gasteiger partial charge in [0.1, 0.15) is 5.75 Å². The molecule has 100 valence electrons. The minimum atomic E-state index is 0.658. The molecule has 0 fully saturated rings. The van der Waals surface area contributed by atoms with Crippen LogP contribution in [0.4, 0.5) is 5.69 Å². The van der Waals surface area contributed by atoms with Gasteiger partial charge in [0.05, 0.1) is 6.61 Å². The third-order valence-electron chi connectivity index (χ3n) is 2.87. The number of hydrogen-bond acceptors (Lipinski definition) is 3. The lowest BCUT2D eigenvalue weighted by Crippen LogP contribution is -1.94. The van der Waals surface area contributed by atoms with Crippen LogP contribution < -0.4 is 10.5 Å². The maximum absolute atomic E-state index is 5.90. The number of nitrogens with two attached hydrogens (primary N) is 1. The van der Waals surface area contributed by atoms with Crippen LogP contribution in [0.15, 0.2) is 47.4 Å². The minimum Gasteiger partial charge on any atom is -0.494 e. The smallest absolute Gasteiger partial charge is 0.122 e. The van der Waals surface area contributed by atoms with Crippen LogP contribution in [0.1, 0.15) is 18.1 Å². The Bertz CT molecular complexity index is 554. The molecule has 0 aliphatic heterocycles.